The molecule has 0 aliphatic carbocycles. The summed E-state index contributed by atoms with van der Waals surface area (Å²) in [5, 5.41) is 15.2. The van der Waals surface area contributed by atoms with Gasteiger partial charge in [-0.1, -0.05) is 38.1 Å². The maximum atomic E-state index is 13.0. The van der Waals surface area contributed by atoms with E-state index in [-0.39, 0.29) is 30.8 Å². The number of nitrogens with zero attached hydrogens (tertiary/aromatic N) is 4. The fourth-order valence-electron chi connectivity index (χ4n) is 4.73. The Morgan fingerprint density at radius 1 is 1.11 bits per heavy atom. The molecular weight excluding hydrogens is 458 g/mol. The molecule has 1 saturated heterocycles. The molecular formula is C26H29N7O3. The highest BCUT2D eigenvalue weighted by Crippen LogP contribution is 2.22. The number of benzene rings is 1. The van der Waals surface area contributed by atoms with Gasteiger partial charge in [-0.05, 0) is 42.5 Å². The number of carbonyl (C=O) groups is 3. The Hall–Kier alpha value is -4.21. The number of imide groups is 1. The monoisotopic (exact) mass is 487 g/mol. The van der Waals surface area contributed by atoms with E-state index in [1.807, 2.05) is 59.3 Å². The number of fused-ring (bicyclic) bond motifs is 2. The summed E-state index contributed by atoms with van der Waals surface area (Å²) in [5.74, 6) is 0.211. The molecule has 3 N–H and O–H groups in total. The van der Waals surface area contributed by atoms with Gasteiger partial charge in [0.15, 0.2) is 11.5 Å². The molecule has 1 fully saturated rings. The number of pyridine rings is 1. The summed E-state index contributed by atoms with van der Waals surface area (Å²) >= 11 is 0. The van der Waals surface area contributed by atoms with Crippen molar-refractivity contribution in [2.24, 2.45) is 5.92 Å². The van der Waals surface area contributed by atoms with Crippen molar-refractivity contribution in [2.45, 2.75) is 45.2 Å². The zero-order valence-electron chi connectivity index (χ0n) is 20.3. The molecule has 10 nitrogen and oxygen atoms in total. The van der Waals surface area contributed by atoms with Gasteiger partial charge in [-0.2, -0.15) is 0 Å². The topological polar surface area (TPSA) is 124 Å². The fraction of sp³-hybridized carbons (Fsp3) is 0.346. The van der Waals surface area contributed by atoms with Crippen LogP contribution in [0.4, 0.5) is 4.79 Å². The van der Waals surface area contributed by atoms with Crippen LogP contribution in [0.3, 0.4) is 0 Å². The minimum atomic E-state index is -0.893. The molecule has 0 saturated carbocycles. The molecule has 0 radical (unpaired) electrons. The average Bonchev–Trinajstić information content (AvgIpc) is 3.53. The lowest BCUT2D eigenvalue weighted by Gasteiger charge is -2.20. The molecule has 1 aliphatic heterocycles. The number of amides is 4. The van der Waals surface area contributed by atoms with Crippen LogP contribution in [0.15, 0.2) is 54.9 Å². The Labute approximate surface area is 208 Å². The highest BCUT2D eigenvalue weighted by Gasteiger charge is 2.39. The third kappa shape index (κ3) is 4.66. The summed E-state index contributed by atoms with van der Waals surface area (Å²) in [4.78, 5) is 42.9. The maximum Gasteiger partial charge on any atom is 0.324 e. The second kappa shape index (κ2) is 9.80. The number of aromatic nitrogens is 4. The SMILES string of the molecule is CC(C)C[C@@H](NC(=O)C[C@H]1NC(=O)N(CCc2c[nH]c3ccccc23)C1=O)c1nnc2ccccn12. The van der Waals surface area contributed by atoms with E-state index in [0.717, 1.165) is 16.5 Å². The highest BCUT2D eigenvalue weighted by atomic mass is 16.2. The zero-order chi connectivity index (χ0) is 25.2. The first-order valence-corrected chi connectivity index (χ1v) is 12.2. The van der Waals surface area contributed by atoms with Gasteiger partial charge in [-0.3, -0.25) is 18.9 Å². The first kappa shape index (κ1) is 23.5. The summed E-state index contributed by atoms with van der Waals surface area (Å²) in [6, 6.07) is 11.8. The third-order valence-electron chi connectivity index (χ3n) is 6.47. The molecule has 3 aromatic heterocycles. The second-order valence-electron chi connectivity index (χ2n) is 9.54. The minimum absolute atomic E-state index is 0.139. The molecule has 5 rings (SSSR count). The molecule has 4 heterocycles. The summed E-state index contributed by atoms with van der Waals surface area (Å²) in [7, 11) is 0. The second-order valence-corrected chi connectivity index (χ2v) is 9.54. The molecule has 1 aliphatic rings. The number of hydrogen-bond donors (Lipinski definition) is 3. The number of rotatable bonds is 9. The lowest BCUT2D eigenvalue weighted by atomic mass is 10.0. The largest absolute Gasteiger partial charge is 0.361 e. The van der Waals surface area contributed by atoms with Gasteiger partial charge in [0.1, 0.15) is 6.04 Å². The van der Waals surface area contributed by atoms with E-state index in [2.05, 4.69) is 39.7 Å². The van der Waals surface area contributed by atoms with Crippen molar-refractivity contribution >= 4 is 34.4 Å². The molecule has 186 valence electrons. The van der Waals surface area contributed by atoms with Gasteiger partial charge in [-0.25, -0.2) is 4.79 Å². The van der Waals surface area contributed by atoms with Crippen molar-refractivity contribution in [3.8, 4) is 0 Å². The number of para-hydroxylation sites is 1. The Kier molecular flexibility index (Phi) is 6.41. The number of nitrogens with one attached hydrogen (secondary N) is 3. The van der Waals surface area contributed by atoms with Crippen molar-refractivity contribution in [3.05, 3.63) is 66.2 Å². The van der Waals surface area contributed by atoms with E-state index in [1.54, 1.807) is 0 Å². The first-order valence-electron chi connectivity index (χ1n) is 12.2. The molecule has 1 aromatic carbocycles. The van der Waals surface area contributed by atoms with Gasteiger partial charge in [0.25, 0.3) is 5.91 Å². The van der Waals surface area contributed by atoms with Crippen LogP contribution in [-0.2, 0) is 16.0 Å². The number of H-pyrrole nitrogens is 1. The minimum Gasteiger partial charge on any atom is -0.361 e. The van der Waals surface area contributed by atoms with Crippen LogP contribution in [0.25, 0.3) is 16.6 Å². The van der Waals surface area contributed by atoms with Gasteiger partial charge in [0.05, 0.1) is 12.5 Å². The van der Waals surface area contributed by atoms with Gasteiger partial charge in [0, 0.05) is 29.8 Å². The molecule has 4 amide bonds. The van der Waals surface area contributed by atoms with E-state index in [9.17, 15) is 14.4 Å². The van der Waals surface area contributed by atoms with Crippen LogP contribution < -0.4 is 10.6 Å². The standard InChI is InChI=1S/C26H29N7O3/c1-16(2)13-20(24-31-30-22-9-5-6-11-32(22)24)28-23(34)14-21-25(35)33(26(36)29-21)12-10-17-15-27-19-8-4-3-7-18(17)19/h3-9,11,15-16,20-21,27H,10,12-14H2,1-2H3,(H,28,34)(H,29,36)/t20-,21-/m1/s1. The van der Waals surface area contributed by atoms with Crippen molar-refractivity contribution in [3.63, 3.8) is 0 Å². The van der Waals surface area contributed by atoms with Gasteiger partial charge in [0.2, 0.25) is 5.91 Å². The Bertz CT molecular complexity index is 1420. The quantitative estimate of drug-likeness (QED) is 0.313. The molecule has 2 atom stereocenters. The first-order chi connectivity index (χ1) is 17.4. The lowest BCUT2D eigenvalue weighted by molar-refractivity contribution is -0.131. The summed E-state index contributed by atoms with van der Waals surface area (Å²) in [6.07, 6.45) is 4.80. The fourth-order valence-corrected chi connectivity index (χ4v) is 4.73. The van der Waals surface area contributed by atoms with Crippen molar-refractivity contribution < 1.29 is 14.4 Å². The summed E-state index contributed by atoms with van der Waals surface area (Å²) in [5.41, 5.74) is 2.74. The van der Waals surface area contributed by atoms with Gasteiger partial charge < -0.3 is 15.6 Å². The third-order valence-corrected chi connectivity index (χ3v) is 6.47. The van der Waals surface area contributed by atoms with Crippen LogP contribution in [0.5, 0.6) is 0 Å². The predicted molar refractivity (Wildman–Crippen MR) is 134 cm³/mol. The van der Waals surface area contributed by atoms with Crippen LogP contribution in [0.2, 0.25) is 0 Å². The van der Waals surface area contributed by atoms with E-state index in [4.69, 9.17) is 0 Å². The van der Waals surface area contributed by atoms with Gasteiger partial charge >= 0.3 is 6.03 Å². The van der Waals surface area contributed by atoms with Crippen LogP contribution in [-0.4, -0.2) is 54.9 Å². The predicted octanol–water partition coefficient (Wildman–Crippen LogP) is 2.97. The van der Waals surface area contributed by atoms with E-state index in [1.165, 1.54) is 4.90 Å². The Morgan fingerprint density at radius 3 is 2.75 bits per heavy atom. The van der Waals surface area contributed by atoms with Crippen molar-refractivity contribution in [2.75, 3.05) is 6.54 Å². The smallest absolute Gasteiger partial charge is 0.324 e. The summed E-state index contributed by atoms with van der Waals surface area (Å²) in [6.45, 7) is 4.37. The molecule has 0 spiro atoms. The number of carbonyl (C=O) groups excluding carboxylic acids is 3. The Balaban J connectivity index is 1.23. The molecule has 36 heavy (non-hydrogen) atoms. The number of aromatic amines is 1. The van der Waals surface area contributed by atoms with Crippen molar-refractivity contribution in [1.82, 2.24) is 35.1 Å². The molecule has 0 unspecified atom stereocenters. The van der Waals surface area contributed by atoms with E-state index < -0.39 is 12.1 Å². The number of urea groups is 1. The van der Waals surface area contributed by atoms with Crippen LogP contribution in [0, 0.1) is 5.92 Å². The van der Waals surface area contributed by atoms with Crippen LogP contribution in [0.1, 0.15) is 44.1 Å². The zero-order valence-corrected chi connectivity index (χ0v) is 20.3. The molecule has 10 heteroatoms. The average molecular weight is 488 g/mol. The highest BCUT2D eigenvalue weighted by molar-refractivity contribution is 6.05. The molecule has 4 aromatic rings. The maximum absolute atomic E-state index is 13.0. The van der Waals surface area contributed by atoms with Crippen molar-refractivity contribution in [1.29, 1.82) is 0 Å². The van der Waals surface area contributed by atoms with Crippen LogP contribution >= 0.6 is 0 Å². The van der Waals surface area contributed by atoms with Gasteiger partial charge in [-0.15, -0.1) is 10.2 Å². The summed E-state index contributed by atoms with van der Waals surface area (Å²) < 4.78 is 1.85. The molecule has 0 bridgehead atoms. The number of hydrogen-bond acceptors (Lipinski definition) is 5. The normalized spacial score (nSPS) is 16.8. The van der Waals surface area contributed by atoms with E-state index in [0.29, 0.717) is 30.2 Å². The van der Waals surface area contributed by atoms with E-state index >= 15 is 0 Å². The lowest BCUT2D eigenvalue weighted by Crippen LogP contribution is -2.38. The Morgan fingerprint density at radius 2 is 1.92 bits per heavy atom.